The first kappa shape index (κ1) is 19.0. The second-order valence-corrected chi connectivity index (χ2v) is 6.40. The Kier molecular flexibility index (Phi) is 7.03. The van der Waals surface area contributed by atoms with Gasteiger partial charge in [0, 0.05) is 13.0 Å². The van der Waals surface area contributed by atoms with Crippen molar-refractivity contribution < 1.29 is 13.9 Å². The maximum absolute atomic E-state index is 13.0. The minimum absolute atomic E-state index is 0.0331. The van der Waals surface area contributed by atoms with Crippen LogP contribution < -0.4 is 4.74 Å². The number of terminal acetylenes is 1. The molecule has 0 aromatic heterocycles. The summed E-state index contributed by atoms with van der Waals surface area (Å²) >= 11 is 3.44. The number of carbonyl (C=O) groups excluding carboxylic acids is 1. The van der Waals surface area contributed by atoms with E-state index in [2.05, 4.69) is 21.9 Å². The molecule has 0 saturated carbocycles. The highest BCUT2D eigenvalue weighted by atomic mass is 79.9. The molecule has 1 amide bonds. The molecule has 0 radical (unpaired) electrons. The van der Waals surface area contributed by atoms with Crippen LogP contribution in [-0.4, -0.2) is 24.5 Å². The Morgan fingerprint density at radius 3 is 2.52 bits per heavy atom. The van der Waals surface area contributed by atoms with Gasteiger partial charge >= 0.3 is 0 Å². The number of amides is 1. The molecule has 3 nitrogen and oxygen atoms in total. The second kappa shape index (κ2) is 9.24. The number of halogens is 2. The molecule has 0 atom stereocenters. The summed E-state index contributed by atoms with van der Waals surface area (Å²) in [5.41, 5.74) is 1.88. The molecule has 0 aliphatic heterocycles. The molecule has 2 rings (SSSR count). The van der Waals surface area contributed by atoms with Crippen molar-refractivity contribution in [3.05, 3.63) is 63.9 Å². The quantitative estimate of drug-likeness (QED) is 0.648. The average Bonchev–Trinajstić information content (AvgIpc) is 2.61. The zero-order chi connectivity index (χ0) is 18.2. The number of benzene rings is 2. The monoisotopic (exact) mass is 403 g/mol. The molecular weight excluding hydrogens is 385 g/mol. The summed E-state index contributed by atoms with van der Waals surface area (Å²) in [5.74, 6) is 2.92. The van der Waals surface area contributed by atoms with Crippen molar-refractivity contribution in [1.82, 2.24) is 4.90 Å². The van der Waals surface area contributed by atoms with E-state index in [1.165, 1.54) is 12.1 Å². The van der Waals surface area contributed by atoms with Gasteiger partial charge in [-0.15, -0.1) is 6.42 Å². The van der Waals surface area contributed by atoms with Crippen LogP contribution in [0.1, 0.15) is 17.5 Å². The minimum atomic E-state index is -0.302. The van der Waals surface area contributed by atoms with Gasteiger partial charge in [-0.3, -0.25) is 4.79 Å². The third kappa shape index (κ3) is 5.61. The molecular formula is C20H19BrFNO2. The van der Waals surface area contributed by atoms with Crippen molar-refractivity contribution >= 4 is 21.8 Å². The van der Waals surface area contributed by atoms with Gasteiger partial charge in [-0.2, -0.15) is 0 Å². The van der Waals surface area contributed by atoms with E-state index in [9.17, 15) is 9.18 Å². The highest BCUT2D eigenvalue weighted by Gasteiger charge is 2.13. The van der Waals surface area contributed by atoms with E-state index in [1.54, 1.807) is 24.1 Å². The molecule has 0 N–H and O–H groups in total. The van der Waals surface area contributed by atoms with Crippen molar-refractivity contribution in [2.75, 3.05) is 13.7 Å². The average molecular weight is 404 g/mol. The van der Waals surface area contributed by atoms with Gasteiger partial charge in [0.2, 0.25) is 5.91 Å². The Hall–Kier alpha value is -2.32. The summed E-state index contributed by atoms with van der Waals surface area (Å²) in [6.45, 7) is 0.595. The predicted molar refractivity (Wildman–Crippen MR) is 99.7 cm³/mol. The van der Waals surface area contributed by atoms with Crippen molar-refractivity contribution in [3.8, 4) is 18.1 Å². The third-order valence-electron chi connectivity index (χ3n) is 3.77. The summed E-state index contributed by atoms with van der Waals surface area (Å²) in [4.78, 5) is 14.1. The molecule has 0 heterocycles. The molecule has 0 spiro atoms. The zero-order valence-electron chi connectivity index (χ0n) is 14.0. The lowest BCUT2D eigenvalue weighted by molar-refractivity contribution is -0.131. The minimum Gasteiger partial charge on any atom is -0.496 e. The van der Waals surface area contributed by atoms with E-state index >= 15 is 0 Å². The molecule has 25 heavy (non-hydrogen) atoms. The number of nitrogens with zero attached hydrogens (tertiary/aromatic N) is 1. The lowest BCUT2D eigenvalue weighted by atomic mass is 10.1. The van der Waals surface area contributed by atoms with Crippen LogP contribution in [0, 0.1) is 18.2 Å². The smallest absolute Gasteiger partial charge is 0.223 e. The molecule has 0 unspecified atom stereocenters. The fourth-order valence-electron chi connectivity index (χ4n) is 2.43. The Morgan fingerprint density at radius 1 is 1.24 bits per heavy atom. The van der Waals surface area contributed by atoms with Crippen molar-refractivity contribution in [1.29, 1.82) is 0 Å². The van der Waals surface area contributed by atoms with Gasteiger partial charge in [-0.05, 0) is 57.7 Å². The summed E-state index contributed by atoms with van der Waals surface area (Å²) < 4.78 is 19.1. The Bertz CT molecular complexity index is 768. The highest BCUT2D eigenvalue weighted by Crippen LogP contribution is 2.26. The van der Waals surface area contributed by atoms with Gasteiger partial charge in [0.15, 0.2) is 0 Å². The first-order valence-corrected chi connectivity index (χ1v) is 8.61. The number of hydrogen-bond donors (Lipinski definition) is 0. The van der Waals surface area contributed by atoms with Gasteiger partial charge in [-0.25, -0.2) is 4.39 Å². The van der Waals surface area contributed by atoms with Gasteiger partial charge in [0.25, 0.3) is 0 Å². The van der Waals surface area contributed by atoms with Crippen LogP contribution in [0.15, 0.2) is 46.9 Å². The summed E-state index contributed by atoms with van der Waals surface area (Å²) in [6.07, 6.45) is 6.33. The molecule has 5 heteroatoms. The molecule has 0 fully saturated rings. The zero-order valence-corrected chi connectivity index (χ0v) is 15.6. The molecule has 0 aliphatic carbocycles. The van der Waals surface area contributed by atoms with Crippen LogP contribution in [0.4, 0.5) is 4.39 Å². The Labute approximate surface area is 155 Å². The summed E-state index contributed by atoms with van der Waals surface area (Å²) in [5, 5.41) is 0. The van der Waals surface area contributed by atoms with E-state index in [1.807, 2.05) is 18.2 Å². The van der Waals surface area contributed by atoms with Gasteiger partial charge < -0.3 is 9.64 Å². The van der Waals surface area contributed by atoms with Crippen LogP contribution in [-0.2, 0) is 17.8 Å². The summed E-state index contributed by atoms with van der Waals surface area (Å²) in [7, 11) is 1.61. The first-order chi connectivity index (χ1) is 12.0. The Morgan fingerprint density at radius 2 is 1.92 bits per heavy atom. The van der Waals surface area contributed by atoms with Crippen molar-refractivity contribution in [3.63, 3.8) is 0 Å². The van der Waals surface area contributed by atoms with Crippen LogP contribution in [0.2, 0.25) is 0 Å². The summed E-state index contributed by atoms with van der Waals surface area (Å²) in [6, 6.07) is 11.8. The fourth-order valence-corrected chi connectivity index (χ4v) is 3.02. The van der Waals surface area contributed by atoms with E-state index in [0.29, 0.717) is 19.4 Å². The largest absolute Gasteiger partial charge is 0.496 e. The lowest BCUT2D eigenvalue weighted by Gasteiger charge is -2.20. The van der Waals surface area contributed by atoms with Crippen molar-refractivity contribution in [2.24, 2.45) is 0 Å². The normalized spacial score (nSPS) is 10.2. The number of rotatable bonds is 7. The molecule has 0 saturated heterocycles. The van der Waals surface area contributed by atoms with E-state index in [4.69, 9.17) is 11.2 Å². The molecule has 130 valence electrons. The van der Waals surface area contributed by atoms with E-state index in [0.717, 1.165) is 21.3 Å². The number of carbonyl (C=O) groups is 1. The highest BCUT2D eigenvalue weighted by molar-refractivity contribution is 9.10. The van der Waals surface area contributed by atoms with Crippen LogP contribution >= 0.6 is 15.9 Å². The predicted octanol–water partition coefficient (Wildman–Crippen LogP) is 4.19. The SMILES string of the molecule is C#CCN(Cc1ccc(F)cc1)C(=O)CCc1ccc(OC)c(Br)c1. The molecule has 0 aliphatic rings. The van der Waals surface area contributed by atoms with Gasteiger partial charge in [-0.1, -0.05) is 24.1 Å². The number of aryl methyl sites for hydroxylation is 1. The number of methoxy groups -OCH3 is 1. The molecule has 2 aromatic carbocycles. The molecule has 2 aromatic rings. The lowest BCUT2D eigenvalue weighted by Crippen LogP contribution is -2.31. The number of ether oxygens (including phenoxy) is 1. The van der Waals surface area contributed by atoms with Crippen LogP contribution in [0.3, 0.4) is 0 Å². The van der Waals surface area contributed by atoms with E-state index < -0.39 is 0 Å². The number of hydrogen-bond acceptors (Lipinski definition) is 2. The first-order valence-electron chi connectivity index (χ1n) is 7.81. The van der Waals surface area contributed by atoms with Crippen LogP contribution in [0.25, 0.3) is 0 Å². The van der Waals surface area contributed by atoms with E-state index in [-0.39, 0.29) is 18.3 Å². The second-order valence-electron chi connectivity index (χ2n) is 5.55. The maximum Gasteiger partial charge on any atom is 0.223 e. The van der Waals surface area contributed by atoms with Crippen LogP contribution in [0.5, 0.6) is 5.75 Å². The van der Waals surface area contributed by atoms with Crippen molar-refractivity contribution in [2.45, 2.75) is 19.4 Å². The topological polar surface area (TPSA) is 29.5 Å². The van der Waals surface area contributed by atoms with Gasteiger partial charge in [0.05, 0.1) is 18.1 Å². The fraction of sp³-hybridized carbons (Fsp3) is 0.250. The van der Waals surface area contributed by atoms with Gasteiger partial charge in [0.1, 0.15) is 11.6 Å². The third-order valence-corrected chi connectivity index (χ3v) is 4.38. The Balaban J connectivity index is 1.99. The maximum atomic E-state index is 13.0. The molecule has 0 bridgehead atoms. The standard InChI is InChI=1S/C20H19BrFNO2/c1-3-12-23(14-16-4-8-17(22)9-5-16)20(24)11-7-15-6-10-19(25-2)18(21)13-15/h1,4-6,8-10,13H,7,11-12,14H2,2H3.